The zero-order valence-electron chi connectivity index (χ0n) is 15.6. The first kappa shape index (κ1) is 18.9. The number of amides is 1. The van der Waals surface area contributed by atoms with Crippen LogP contribution < -0.4 is 4.90 Å². The van der Waals surface area contributed by atoms with Crippen LogP contribution in [0, 0.1) is 0 Å². The summed E-state index contributed by atoms with van der Waals surface area (Å²) in [6, 6.07) is 12.3. The van der Waals surface area contributed by atoms with E-state index in [4.69, 9.17) is 0 Å². The van der Waals surface area contributed by atoms with Gasteiger partial charge in [-0.25, -0.2) is 9.97 Å². The summed E-state index contributed by atoms with van der Waals surface area (Å²) >= 11 is 0. The van der Waals surface area contributed by atoms with Crippen LogP contribution in [-0.2, 0) is 6.54 Å². The summed E-state index contributed by atoms with van der Waals surface area (Å²) in [6.45, 7) is 7.85. The minimum atomic E-state index is -0.0551. The van der Waals surface area contributed by atoms with Crippen molar-refractivity contribution in [3.05, 3.63) is 54.0 Å². The molecule has 0 saturated carbocycles. The Bertz CT molecular complexity index is 672. The molecule has 1 amide bonds. The quantitative estimate of drug-likeness (QED) is 0.734. The fourth-order valence-corrected chi connectivity index (χ4v) is 2.62. The lowest BCUT2D eigenvalue weighted by atomic mass is 10.2. The fraction of sp³-hybridized carbons (Fsp3) is 0.450. The van der Waals surface area contributed by atoms with Crippen molar-refractivity contribution in [2.24, 2.45) is 0 Å². The summed E-state index contributed by atoms with van der Waals surface area (Å²) in [5.74, 6) is 0.724. The molecule has 1 heterocycles. The number of nitrogens with zero attached hydrogens (tertiary/aromatic N) is 4. The first-order valence-electron chi connectivity index (χ1n) is 8.91. The number of carbonyl (C=O) groups excluding carboxylic acids is 1. The van der Waals surface area contributed by atoms with E-state index in [2.05, 4.69) is 47.8 Å². The van der Waals surface area contributed by atoms with Gasteiger partial charge < -0.3 is 9.80 Å². The van der Waals surface area contributed by atoms with Gasteiger partial charge in [0.05, 0.1) is 0 Å². The topological polar surface area (TPSA) is 49.3 Å². The van der Waals surface area contributed by atoms with E-state index in [0.717, 1.165) is 31.7 Å². The lowest BCUT2D eigenvalue weighted by molar-refractivity contribution is 0.0787. The Labute approximate surface area is 150 Å². The SMILES string of the molecule is CCCCN(C)C(=O)c1cc(N(Cc2ccccc2)C(C)C)ncn1. The molecular weight excluding hydrogens is 312 g/mol. The molecule has 2 aromatic rings. The molecule has 0 aliphatic rings. The highest BCUT2D eigenvalue weighted by atomic mass is 16.2. The van der Waals surface area contributed by atoms with Crippen molar-refractivity contribution in [1.82, 2.24) is 14.9 Å². The normalized spacial score (nSPS) is 10.8. The molecule has 25 heavy (non-hydrogen) atoms. The van der Waals surface area contributed by atoms with Gasteiger partial charge in [0.2, 0.25) is 0 Å². The third-order valence-electron chi connectivity index (χ3n) is 4.18. The lowest BCUT2D eigenvalue weighted by Gasteiger charge is -2.28. The molecule has 2 rings (SSSR count). The van der Waals surface area contributed by atoms with E-state index < -0.39 is 0 Å². The molecule has 0 bridgehead atoms. The third kappa shape index (κ3) is 5.28. The highest BCUT2D eigenvalue weighted by Crippen LogP contribution is 2.18. The van der Waals surface area contributed by atoms with Crippen LogP contribution in [0.5, 0.6) is 0 Å². The second kappa shape index (κ2) is 9.16. The second-order valence-electron chi connectivity index (χ2n) is 6.55. The summed E-state index contributed by atoms with van der Waals surface area (Å²) in [6.07, 6.45) is 3.54. The molecule has 0 aliphatic heterocycles. The fourth-order valence-electron chi connectivity index (χ4n) is 2.62. The van der Waals surface area contributed by atoms with E-state index >= 15 is 0 Å². The van der Waals surface area contributed by atoms with Gasteiger partial charge in [0, 0.05) is 32.2 Å². The second-order valence-corrected chi connectivity index (χ2v) is 6.55. The van der Waals surface area contributed by atoms with Crippen LogP contribution in [0.2, 0.25) is 0 Å². The number of benzene rings is 1. The van der Waals surface area contributed by atoms with Crippen LogP contribution in [0.25, 0.3) is 0 Å². The molecule has 1 aromatic heterocycles. The molecule has 0 saturated heterocycles. The molecule has 0 spiro atoms. The number of hydrogen-bond donors (Lipinski definition) is 0. The summed E-state index contributed by atoms with van der Waals surface area (Å²) < 4.78 is 0. The Morgan fingerprint density at radius 1 is 1.16 bits per heavy atom. The molecule has 0 unspecified atom stereocenters. The average Bonchev–Trinajstić information content (AvgIpc) is 2.64. The van der Waals surface area contributed by atoms with Gasteiger partial charge in [0.1, 0.15) is 17.8 Å². The van der Waals surface area contributed by atoms with E-state index in [-0.39, 0.29) is 11.9 Å². The molecule has 0 aliphatic carbocycles. The first-order chi connectivity index (χ1) is 12.0. The maximum absolute atomic E-state index is 12.6. The summed E-state index contributed by atoms with van der Waals surface area (Å²) in [5, 5.41) is 0. The maximum Gasteiger partial charge on any atom is 0.272 e. The summed E-state index contributed by atoms with van der Waals surface area (Å²) in [7, 11) is 1.82. The standard InChI is InChI=1S/C20H28N4O/c1-5-6-12-23(4)20(25)18-13-19(22-15-21-18)24(16(2)3)14-17-10-8-7-9-11-17/h7-11,13,15-16H,5-6,12,14H2,1-4H3. The third-order valence-corrected chi connectivity index (χ3v) is 4.18. The van der Waals surface area contributed by atoms with E-state index in [0.29, 0.717) is 5.69 Å². The van der Waals surface area contributed by atoms with Gasteiger partial charge in [-0.2, -0.15) is 0 Å². The largest absolute Gasteiger partial charge is 0.350 e. The molecule has 0 radical (unpaired) electrons. The highest BCUT2D eigenvalue weighted by molar-refractivity contribution is 5.92. The zero-order chi connectivity index (χ0) is 18.2. The Balaban J connectivity index is 2.20. The highest BCUT2D eigenvalue weighted by Gasteiger charge is 2.18. The van der Waals surface area contributed by atoms with Gasteiger partial charge in [-0.3, -0.25) is 4.79 Å². The number of hydrogen-bond acceptors (Lipinski definition) is 4. The Hall–Kier alpha value is -2.43. The van der Waals surface area contributed by atoms with Gasteiger partial charge in [0.25, 0.3) is 5.91 Å². The molecule has 5 nitrogen and oxygen atoms in total. The van der Waals surface area contributed by atoms with Crippen LogP contribution in [0.4, 0.5) is 5.82 Å². The molecule has 5 heteroatoms. The Morgan fingerprint density at radius 3 is 2.52 bits per heavy atom. The van der Waals surface area contributed by atoms with Crippen molar-refractivity contribution in [1.29, 1.82) is 0 Å². The van der Waals surface area contributed by atoms with Crippen LogP contribution in [0.1, 0.15) is 49.7 Å². The number of unbranched alkanes of at least 4 members (excludes halogenated alkanes) is 1. The molecular formula is C20H28N4O. The van der Waals surface area contributed by atoms with Crippen molar-refractivity contribution in [2.45, 2.75) is 46.2 Å². The van der Waals surface area contributed by atoms with E-state index in [1.165, 1.54) is 11.9 Å². The lowest BCUT2D eigenvalue weighted by Crippen LogP contribution is -2.32. The molecule has 0 fully saturated rings. The molecule has 1 aromatic carbocycles. The number of carbonyl (C=O) groups is 1. The Morgan fingerprint density at radius 2 is 1.88 bits per heavy atom. The monoisotopic (exact) mass is 340 g/mol. The number of anilines is 1. The van der Waals surface area contributed by atoms with E-state index in [9.17, 15) is 4.79 Å². The van der Waals surface area contributed by atoms with Crippen LogP contribution in [-0.4, -0.2) is 40.4 Å². The number of rotatable bonds is 8. The van der Waals surface area contributed by atoms with Gasteiger partial charge in [0.15, 0.2) is 0 Å². The minimum absolute atomic E-state index is 0.0551. The van der Waals surface area contributed by atoms with Crippen molar-refractivity contribution in [2.75, 3.05) is 18.5 Å². The van der Waals surface area contributed by atoms with E-state index in [1.807, 2.05) is 25.2 Å². The van der Waals surface area contributed by atoms with E-state index in [1.54, 1.807) is 11.0 Å². The zero-order valence-corrected chi connectivity index (χ0v) is 15.6. The van der Waals surface area contributed by atoms with Crippen LogP contribution in [0.15, 0.2) is 42.7 Å². The van der Waals surface area contributed by atoms with Crippen molar-refractivity contribution in [3.63, 3.8) is 0 Å². The predicted octanol–water partition coefficient (Wildman–Crippen LogP) is 3.76. The van der Waals surface area contributed by atoms with Crippen LogP contribution >= 0.6 is 0 Å². The first-order valence-corrected chi connectivity index (χ1v) is 8.91. The van der Waals surface area contributed by atoms with Gasteiger partial charge >= 0.3 is 0 Å². The molecule has 0 N–H and O–H groups in total. The molecule has 0 atom stereocenters. The van der Waals surface area contributed by atoms with Gasteiger partial charge in [-0.1, -0.05) is 43.7 Å². The van der Waals surface area contributed by atoms with Crippen LogP contribution in [0.3, 0.4) is 0 Å². The summed E-state index contributed by atoms with van der Waals surface area (Å²) in [5.41, 5.74) is 1.66. The average molecular weight is 340 g/mol. The Kier molecular flexibility index (Phi) is 6.92. The van der Waals surface area contributed by atoms with Gasteiger partial charge in [-0.15, -0.1) is 0 Å². The number of aromatic nitrogens is 2. The summed E-state index contributed by atoms with van der Waals surface area (Å²) in [4.78, 5) is 25.1. The smallest absolute Gasteiger partial charge is 0.272 e. The maximum atomic E-state index is 12.6. The minimum Gasteiger partial charge on any atom is -0.350 e. The van der Waals surface area contributed by atoms with Crippen molar-refractivity contribution >= 4 is 11.7 Å². The van der Waals surface area contributed by atoms with Gasteiger partial charge in [-0.05, 0) is 25.8 Å². The predicted molar refractivity (Wildman–Crippen MR) is 102 cm³/mol. The van der Waals surface area contributed by atoms with Crippen molar-refractivity contribution in [3.8, 4) is 0 Å². The molecule has 134 valence electrons. The van der Waals surface area contributed by atoms with Crippen molar-refractivity contribution < 1.29 is 4.79 Å².